The van der Waals surface area contributed by atoms with E-state index in [1.807, 2.05) is 31.2 Å². The van der Waals surface area contributed by atoms with Crippen LogP contribution in [0, 0.1) is 6.92 Å². The molecule has 0 saturated heterocycles. The maximum absolute atomic E-state index is 13.2. The van der Waals surface area contributed by atoms with Gasteiger partial charge in [0.05, 0.1) is 0 Å². The fourth-order valence-electron chi connectivity index (χ4n) is 2.24. The highest BCUT2D eigenvalue weighted by Crippen LogP contribution is 2.33. The van der Waals surface area contributed by atoms with Crippen molar-refractivity contribution >= 4 is 23.4 Å². The number of nitrogens with zero attached hydrogens (tertiary/aromatic N) is 2. The molecule has 2 aromatic carbocycles. The van der Waals surface area contributed by atoms with Gasteiger partial charge in [-0.3, -0.25) is 0 Å². The first kappa shape index (κ1) is 19.5. The van der Waals surface area contributed by atoms with Crippen molar-refractivity contribution in [2.75, 3.05) is 0 Å². The maximum atomic E-state index is 13.2. The Morgan fingerprint density at radius 1 is 1.04 bits per heavy atom. The highest BCUT2D eigenvalue weighted by atomic mass is 35.5. The monoisotopic (exact) mass is 410 g/mol. The summed E-state index contributed by atoms with van der Waals surface area (Å²) in [5.74, 6) is 0.607. The highest BCUT2D eigenvalue weighted by Gasteiger charge is 2.34. The molecule has 3 aromatic rings. The van der Waals surface area contributed by atoms with E-state index in [1.54, 1.807) is 24.3 Å². The van der Waals surface area contributed by atoms with Crippen LogP contribution in [0.2, 0.25) is 5.02 Å². The minimum absolute atomic E-state index is 0.00436. The highest BCUT2D eigenvalue weighted by molar-refractivity contribution is 7.98. The van der Waals surface area contributed by atoms with Crippen LogP contribution >= 0.6 is 23.4 Å². The minimum Gasteiger partial charge on any atom is -0.439 e. The van der Waals surface area contributed by atoms with Crippen molar-refractivity contribution < 1.29 is 17.9 Å². The smallest absolute Gasteiger partial charge is 0.433 e. The summed E-state index contributed by atoms with van der Waals surface area (Å²) in [6.07, 6.45) is -4.60. The average Bonchev–Trinajstić information content (AvgIpc) is 2.61. The van der Waals surface area contributed by atoms with Crippen LogP contribution < -0.4 is 4.74 Å². The number of thioether (sulfide) groups is 1. The molecule has 0 aliphatic heterocycles. The number of ether oxygens (including phenoxy) is 1. The van der Waals surface area contributed by atoms with Gasteiger partial charge in [0.25, 0.3) is 0 Å². The Morgan fingerprint density at radius 2 is 1.78 bits per heavy atom. The molecule has 0 unspecified atom stereocenters. The van der Waals surface area contributed by atoms with E-state index in [1.165, 1.54) is 0 Å². The van der Waals surface area contributed by atoms with Crippen molar-refractivity contribution in [1.82, 2.24) is 9.97 Å². The van der Waals surface area contributed by atoms with Crippen molar-refractivity contribution in [1.29, 1.82) is 0 Å². The van der Waals surface area contributed by atoms with Crippen LogP contribution in [0.4, 0.5) is 13.2 Å². The maximum Gasteiger partial charge on any atom is 0.433 e. The summed E-state index contributed by atoms with van der Waals surface area (Å²) in [7, 11) is 0. The molecule has 0 N–H and O–H groups in total. The molecule has 0 amide bonds. The van der Waals surface area contributed by atoms with Crippen LogP contribution in [0.1, 0.15) is 16.8 Å². The van der Waals surface area contributed by atoms with E-state index >= 15 is 0 Å². The molecule has 3 rings (SSSR count). The molecule has 0 spiro atoms. The molecule has 0 bridgehead atoms. The van der Waals surface area contributed by atoms with E-state index in [0.29, 0.717) is 16.5 Å². The SMILES string of the molecule is Cc1cccc(CSc2nc(Oc3ccc(Cl)cc3)cc(C(F)(F)F)n2)c1. The Labute approximate surface area is 163 Å². The second kappa shape index (κ2) is 8.19. The predicted molar refractivity (Wildman–Crippen MR) is 99.3 cm³/mol. The Hall–Kier alpha value is -2.25. The zero-order chi connectivity index (χ0) is 19.4. The van der Waals surface area contributed by atoms with Crippen molar-refractivity contribution in [3.8, 4) is 11.6 Å². The lowest BCUT2D eigenvalue weighted by Gasteiger charge is -2.11. The van der Waals surface area contributed by atoms with E-state index in [0.717, 1.165) is 29.0 Å². The molecule has 0 radical (unpaired) electrons. The van der Waals surface area contributed by atoms with Crippen molar-refractivity contribution in [3.63, 3.8) is 0 Å². The Morgan fingerprint density at radius 3 is 2.44 bits per heavy atom. The van der Waals surface area contributed by atoms with Gasteiger partial charge in [0, 0.05) is 16.8 Å². The number of alkyl halides is 3. The summed E-state index contributed by atoms with van der Waals surface area (Å²) in [4.78, 5) is 7.72. The molecular formula is C19H14ClF3N2OS. The molecular weight excluding hydrogens is 397 g/mol. The summed E-state index contributed by atoms with van der Waals surface area (Å²) in [6.45, 7) is 1.95. The summed E-state index contributed by atoms with van der Waals surface area (Å²) in [5, 5.41) is 0.491. The first-order valence-electron chi connectivity index (χ1n) is 7.88. The van der Waals surface area contributed by atoms with Crippen LogP contribution in [0.25, 0.3) is 0 Å². The zero-order valence-electron chi connectivity index (χ0n) is 14.1. The molecule has 27 heavy (non-hydrogen) atoms. The Bertz CT molecular complexity index is 933. The van der Waals surface area contributed by atoms with E-state index < -0.39 is 11.9 Å². The average molecular weight is 411 g/mol. The molecule has 1 heterocycles. The van der Waals surface area contributed by atoms with Gasteiger partial charge in [-0.1, -0.05) is 53.2 Å². The Kier molecular flexibility index (Phi) is 5.92. The largest absolute Gasteiger partial charge is 0.439 e. The third-order valence-corrected chi connectivity index (χ3v) is 4.63. The molecule has 0 fully saturated rings. The van der Waals surface area contributed by atoms with E-state index in [4.69, 9.17) is 16.3 Å². The molecule has 0 aliphatic carbocycles. The summed E-state index contributed by atoms with van der Waals surface area (Å²) < 4.78 is 45.0. The lowest BCUT2D eigenvalue weighted by atomic mass is 10.2. The number of hydrogen-bond donors (Lipinski definition) is 0. The predicted octanol–water partition coefficient (Wildman–Crippen LogP) is 6.54. The number of halogens is 4. The lowest BCUT2D eigenvalue weighted by Crippen LogP contribution is -2.10. The van der Waals surface area contributed by atoms with Crippen molar-refractivity contribution in [2.24, 2.45) is 0 Å². The normalized spacial score (nSPS) is 11.4. The van der Waals surface area contributed by atoms with Gasteiger partial charge in [0.1, 0.15) is 5.75 Å². The van der Waals surface area contributed by atoms with Gasteiger partial charge in [-0.25, -0.2) is 4.98 Å². The fraction of sp³-hybridized carbons (Fsp3) is 0.158. The van der Waals surface area contributed by atoms with Gasteiger partial charge in [0.15, 0.2) is 10.9 Å². The van der Waals surface area contributed by atoms with Crippen LogP contribution in [-0.2, 0) is 11.9 Å². The van der Waals surface area contributed by atoms with Gasteiger partial charge in [0.2, 0.25) is 5.88 Å². The number of aryl methyl sites for hydroxylation is 1. The number of rotatable bonds is 5. The lowest BCUT2D eigenvalue weighted by molar-refractivity contribution is -0.141. The van der Waals surface area contributed by atoms with E-state index in [-0.39, 0.29) is 11.0 Å². The van der Waals surface area contributed by atoms with Gasteiger partial charge < -0.3 is 4.74 Å². The van der Waals surface area contributed by atoms with Crippen molar-refractivity contribution in [3.05, 3.63) is 76.4 Å². The third kappa shape index (κ3) is 5.61. The van der Waals surface area contributed by atoms with Crippen LogP contribution in [-0.4, -0.2) is 9.97 Å². The second-order valence-electron chi connectivity index (χ2n) is 5.71. The molecule has 1 aromatic heterocycles. The van der Waals surface area contributed by atoms with Gasteiger partial charge in [-0.05, 0) is 36.8 Å². The topological polar surface area (TPSA) is 35.0 Å². The standard InChI is InChI=1S/C19H14ClF3N2OS/c1-12-3-2-4-13(9-12)11-27-18-24-16(19(21,22)23)10-17(25-18)26-15-7-5-14(20)6-8-15/h2-10H,11H2,1H3. The molecule has 0 atom stereocenters. The molecule has 140 valence electrons. The molecule has 8 heteroatoms. The zero-order valence-corrected chi connectivity index (χ0v) is 15.7. The molecule has 0 saturated carbocycles. The first-order valence-corrected chi connectivity index (χ1v) is 9.24. The molecule has 3 nitrogen and oxygen atoms in total. The van der Waals surface area contributed by atoms with Crippen LogP contribution in [0.5, 0.6) is 11.6 Å². The van der Waals surface area contributed by atoms with Gasteiger partial charge >= 0.3 is 6.18 Å². The number of benzene rings is 2. The van der Waals surface area contributed by atoms with Gasteiger partial charge in [-0.2, -0.15) is 18.2 Å². The van der Waals surface area contributed by atoms with Crippen molar-refractivity contribution in [2.45, 2.75) is 24.0 Å². The summed E-state index contributed by atoms with van der Waals surface area (Å²) >= 11 is 6.92. The van der Waals surface area contributed by atoms with Crippen LogP contribution in [0.3, 0.4) is 0 Å². The van der Waals surface area contributed by atoms with Crippen LogP contribution in [0.15, 0.2) is 59.8 Å². The quantitative estimate of drug-likeness (QED) is 0.353. The van der Waals surface area contributed by atoms with E-state index in [2.05, 4.69) is 9.97 Å². The summed E-state index contributed by atoms with van der Waals surface area (Å²) in [5.41, 5.74) is 0.999. The third-order valence-electron chi connectivity index (χ3n) is 3.46. The van der Waals surface area contributed by atoms with Gasteiger partial charge in [-0.15, -0.1) is 0 Å². The number of hydrogen-bond acceptors (Lipinski definition) is 4. The number of aromatic nitrogens is 2. The second-order valence-corrected chi connectivity index (χ2v) is 7.08. The first-order chi connectivity index (χ1) is 12.8. The minimum atomic E-state index is -4.60. The summed E-state index contributed by atoms with van der Waals surface area (Å²) in [6, 6.07) is 14.8. The van der Waals surface area contributed by atoms with E-state index in [9.17, 15) is 13.2 Å². The fourth-order valence-corrected chi connectivity index (χ4v) is 3.16. The molecule has 0 aliphatic rings. The Balaban J connectivity index is 1.85.